The number of para-hydroxylation sites is 1. The van der Waals surface area contributed by atoms with Crippen LogP contribution in [0, 0.1) is 0 Å². The van der Waals surface area contributed by atoms with Crippen LogP contribution >= 0.6 is 0 Å². The normalized spacial score (nSPS) is 10.7. The molecule has 0 spiro atoms. The predicted molar refractivity (Wildman–Crippen MR) is 120 cm³/mol. The Morgan fingerprint density at radius 2 is 1.68 bits per heavy atom. The third kappa shape index (κ3) is 5.60. The summed E-state index contributed by atoms with van der Waals surface area (Å²) in [5.74, 6) is -0.649. The Balaban J connectivity index is 1.33. The molecule has 4 rings (SSSR count). The Kier molecular flexibility index (Phi) is 6.87. The van der Waals surface area contributed by atoms with Crippen LogP contribution in [0.2, 0.25) is 0 Å². The molecule has 1 aromatic heterocycles. The minimum absolute atomic E-state index is 0.103. The van der Waals surface area contributed by atoms with Crippen LogP contribution < -0.4 is 20.1 Å². The number of anilines is 1. The molecule has 3 aromatic carbocycles. The second kappa shape index (κ2) is 10.3. The first kappa shape index (κ1) is 22.6. The van der Waals surface area contributed by atoms with Gasteiger partial charge in [0.1, 0.15) is 11.5 Å². The molecule has 1 heterocycles. The van der Waals surface area contributed by atoms with Gasteiger partial charge in [-0.3, -0.25) is 9.59 Å². The number of alkyl halides is 2. The number of rotatable bonds is 8. The van der Waals surface area contributed by atoms with Crippen molar-refractivity contribution in [3.63, 3.8) is 0 Å². The molecule has 2 N–H and O–H groups in total. The summed E-state index contributed by atoms with van der Waals surface area (Å²) in [6.45, 7) is -3.44. The van der Waals surface area contributed by atoms with Gasteiger partial charge in [0.25, 0.3) is 5.91 Å². The van der Waals surface area contributed by atoms with E-state index in [9.17, 15) is 18.4 Å². The van der Waals surface area contributed by atoms with E-state index in [0.29, 0.717) is 17.3 Å². The smallest absolute Gasteiger partial charge is 0.387 e. The van der Waals surface area contributed by atoms with E-state index in [1.165, 1.54) is 24.3 Å². The highest BCUT2D eigenvalue weighted by molar-refractivity contribution is 6.00. The summed E-state index contributed by atoms with van der Waals surface area (Å²) in [5.41, 5.74) is 0.366. The minimum atomic E-state index is -3.07. The molecule has 0 aliphatic carbocycles. The van der Waals surface area contributed by atoms with Gasteiger partial charge >= 0.3 is 6.61 Å². The topological polar surface area (TPSA) is 102 Å². The summed E-state index contributed by atoms with van der Waals surface area (Å²) in [6, 6.07) is 19.6. The lowest BCUT2D eigenvalue weighted by atomic mass is 10.2. The van der Waals surface area contributed by atoms with Gasteiger partial charge in [0.2, 0.25) is 11.8 Å². The van der Waals surface area contributed by atoms with Crippen molar-refractivity contribution < 1.29 is 27.8 Å². The zero-order valence-electron chi connectivity index (χ0n) is 17.6. The monoisotopic (exact) mass is 464 g/mol. The fourth-order valence-electron chi connectivity index (χ4n) is 3.11. The molecule has 8 nitrogen and oxygen atoms in total. The van der Waals surface area contributed by atoms with Gasteiger partial charge in [0.05, 0.1) is 18.3 Å². The number of hydrogen-bond acceptors (Lipinski definition) is 6. The average molecular weight is 464 g/mol. The Morgan fingerprint density at radius 3 is 2.47 bits per heavy atom. The largest absolute Gasteiger partial charge is 0.437 e. The van der Waals surface area contributed by atoms with Gasteiger partial charge in [-0.15, -0.1) is 5.10 Å². The number of fused-ring (bicyclic) bond motifs is 1. The van der Waals surface area contributed by atoms with E-state index in [2.05, 4.69) is 25.6 Å². The quantitative estimate of drug-likeness (QED) is 0.401. The van der Waals surface area contributed by atoms with Crippen LogP contribution in [0.25, 0.3) is 10.8 Å². The van der Waals surface area contributed by atoms with Crippen molar-refractivity contribution in [2.45, 2.75) is 6.61 Å². The molecule has 0 atom stereocenters. The average Bonchev–Trinajstić information content (AvgIpc) is 2.84. The van der Waals surface area contributed by atoms with Crippen molar-refractivity contribution in [2.24, 2.45) is 0 Å². The molecular formula is C24H18F2N4O4. The van der Waals surface area contributed by atoms with Gasteiger partial charge in [0.15, 0.2) is 0 Å². The molecule has 34 heavy (non-hydrogen) atoms. The van der Waals surface area contributed by atoms with Crippen molar-refractivity contribution in [1.82, 2.24) is 15.5 Å². The van der Waals surface area contributed by atoms with Crippen LogP contribution in [0.3, 0.4) is 0 Å². The van der Waals surface area contributed by atoms with Gasteiger partial charge < -0.3 is 20.1 Å². The number of benzene rings is 3. The maximum Gasteiger partial charge on any atom is 0.387 e. The molecule has 0 bridgehead atoms. The van der Waals surface area contributed by atoms with Crippen LogP contribution in [-0.4, -0.2) is 35.2 Å². The molecule has 172 valence electrons. The standard InChI is InChI=1S/C24H18F2N4O4/c25-24(26)34-20-8-4-3-7-19(20)22(32)27-14-21(31)29-16-9-11-17(12-10-16)33-23-18-6-2-1-5-15(18)13-28-30-23/h1-13,24H,14H2,(H,27,32)(H,29,31). The summed E-state index contributed by atoms with van der Waals surface area (Å²) in [4.78, 5) is 24.5. The maximum atomic E-state index is 12.5. The molecule has 2 amide bonds. The van der Waals surface area contributed by atoms with Crippen LogP contribution in [0.5, 0.6) is 17.4 Å². The van der Waals surface area contributed by atoms with E-state index in [0.717, 1.165) is 10.8 Å². The number of amides is 2. The number of aromatic nitrogens is 2. The number of hydrogen-bond donors (Lipinski definition) is 2. The Bertz CT molecular complexity index is 1310. The molecule has 4 aromatic rings. The highest BCUT2D eigenvalue weighted by Gasteiger charge is 2.16. The van der Waals surface area contributed by atoms with E-state index in [1.54, 1.807) is 30.5 Å². The van der Waals surface area contributed by atoms with Crippen LogP contribution in [0.4, 0.5) is 14.5 Å². The van der Waals surface area contributed by atoms with Gasteiger partial charge in [-0.25, -0.2) is 0 Å². The van der Waals surface area contributed by atoms with Crippen molar-refractivity contribution in [1.29, 1.82) is 0 Å². The molecular weight excluding hydrogens is 446 g/mol. The summed E-state index contributed by atoms with van der Waals surface area (Å²) in [6.07, 6.45) is 1.64. The molecule has 0 unspecified atom stereocenters. The summed E-state index contributed by atoms with van der Waals surface area (Å²) >= 11 is 0. The zero-order valence-corrected chi connectivity index (χ0v) is 17.6. The minimum Gasteiger partial charge on any atom is -0.437 e. The number of nitrogens with zero attached hydrogens (tertiary/aromatic N) is 2. The first-order valence-corrected chi connectivity index (χ1v) is 10.1. The molecule has 0 aliphatic heterocycles. The van der Waals surface area contributed by atoms with Gasteiger partial charge in [-0.2, -0.15) is 13.9 Å². The van der Waals surface area contributed by atoms with Crippen LogP contribution in [-0.2, 0) is 4.79 Å². The summed E-state index contributed by atoms with van der Waals surface area (Å²) < 4.78 is 35.2. The lowest BCUT2D eigenvalue weighted by Gasteiger charge is -2.11. The summed E-state index contributed by atoms with van der Waals surface area (Å²) in [7, 11) is 0. The van der Waals surface area contributed by atoms with Crippen LogP contribution in [0.1, 0.15) is 10.4 Å². The molecule has 0 aliphatic rings. The number of halogens is 2. The second-order valence-corrected chi connectivity index (χ2v) is 6.97. The molecule has 10 heteroatoms. The van der Waals surface area contributed by atoms with Crippen molar-refractivity contribution in [2.75, 3.05) is 11.9 Å². The lowest BCUT2D eigenvalue weighted by Crippen LogP contribution is -2.33. The van der Waals surface area contributed by atoms with Gasteiger partial charge in [-0.05, 0) is 42.5 Å². The number of ether oxygens (including phenoxy) is 2. The summed E-state index contributed by atoms with van der Waals surface area (Å²) in [5, 5.41) is 14.7. The van der Waals surface area contributed by atoms with Crippen molar-refractivity contribution in [3.05, 3.63) is 84.6 Å². The Labute approximate surface area is 192 Å². The van der Waals surface area contributed by atoms with Gasteiger partial charge in [0, 0.05) is 16.5 Å². The molecule has 0 radical (unpaired) electrons. The molecule has 0 saturated carbocycles. The van der Waals surface area contributed by atoms with E-state index in [1.807, 2.05) is 24.3 Å². The van der Waals surface area contributed by atoms with E-state index in [-0.39, 0.29) is 17.9 Å². The maximum absolute atomic E-state index is 12.5. The van der Waals surface area contributed by atoms with Gasteiger partial charge in [-0.1, -0.05) is 30.3 Å². The lowest BCUT2D eigenvalue weighted by molar-refractivity contribution is -0.115. The molecule has 0 saturated heterocycles. The number of nitrogens with one attached hydrogen (secondary N) is 2. The van der Waals surface area contributed by atoms with Crippen molar-refractivity contribution >= 4 is 28.3 Å². The highest BCUT2D eigenvalue weighted by Crippen LogP contribution is 2.27. The first-order chi connectivity index (χ1) is 16.5. The first-order valence-electron chi connectivity index (χ1n) is 10.1. The van der Waals surface area contributed by atoms with E-state index < -0.39 is 18.4 Å². The fourth-order valence-corrected chi connectivity index (χ4v) is 3.11. The highest BCUT2D eigenvalue weighted by atomic mass is 19.3. The Morgan fingerprint density at radius 1 is 0.941 bits per heavy atom. The second-order valence-electron chi connectivity index (χ2n) is 6.97. The van der Waals surface area contributed by atoms with Crippen molar-refractivity contribution in [3.8, 4) is 17.4 Å². The van der Waals surface area contributed by atoms with Crippen LogP contribution in [0.15, 0.2) is 79.0 Å². The third-order valence-corrected chi connectivity index (χ3v) is 4.65. The van der Waals surface area contributed by atoms with E-state index in [4.69, 9.17) is 4.74 Å². The van der Waals surface area contributed by atoms with E-state index >= 15 is 0 Å². The SMILES string of the molecule is O=C(CNC(=O)c1ccccc1OC(F)F)Nc1ccc(Oc2nncc3ccccc23)cc1. The number of carbonyl (C=O) groups excluding carboxylic acids is 2. The molecule has 0 fully saturated rings. The predicted octanol–water partition coefficient (Wildman–Crippen LogP) is 4.39. The fraction of sp³-hybridized carbons (Fsp3) is 0.0833. The third-order valence-electron chi connectivity index (χ3n) is 4.65. The number of carbonyl (C=O) groups is 2. The Hall–Kier alpha value is -4.60. The zero-order chi connectivity index (χ0) is 23.9.